The van der Waals surface area contributed by atoms with Gasteiger partial charge in [-0.2, -0.15) is 0 Å². The van der Waals surface area contributed by atoms with Crippen LogP contribution in [0.25, 0.3) is 0 Å². The highest BCUT2D eigenvalue weighted by Gasteiger charge is 1.98. The van der Waals surface area contributed by atoms with Crippen LogP contribution in [0.5, 0.6) is 0 Å². The van der Waals surface area contributed by atoms with Crippen molar-refractivity contribution in [3.8, 4) is 0 Å². The lowest BCUT2D eigenvalue weighted by atomic mass is 10.2. The van der Waals surface area contributed by atoms with Gasteiger partial charge in [0.25, 0.3) is 0 Å². The average Bonchev–Trinajstić information content (AvgIpc) is 2.14. The minimum absolute atomic E-state index is 0.932. The van der Waals surface area contributed by atoms with Gasteiger partial charge in [-0.25, -0.2) is 0 Å². The maximum absolute atomic E-state index is 3.93. The Morgan fingerprint density at radius 2 is 1.92 bits per heavy atom. The van der Waals surface area contributed by atoms with Crippen LogP contribution in [0.4, 0.5) is 0 Å². The number of hydrogen-bond acceptors (Lipinski definition) is 1. The van der Waals surface area contributed by atoms with Crippen molar-refractivity contribution in [3.63, 3.8) is 0 Å². The number of allylic oxidation sites excluding steroid dienone is 5. The van der Waals surface area contributed by atoms with Crippen molar-refractivity contribution < 1.29 is 0 Å². The highest BCUT2D eigenvalue weighted by molar-refractivity contribution is 14.1. The molecule has 0 rings (SSSR count). The van der Waals surface area contributed by atoms with E-state index in [2.05, 4.69) is 41.1 Å². The molecular weight excluding hydrogens is 273 g/mol. The van der Waals surface area contributed by atoms with Crippen molar-refractivity contribution in [1.82, 2.24) is 5.32 Å². The second-order valence-corrected chi connectivity index (χ2v) is 3.91. The van der Waals surface area contributed by atoms with Crippen LogP contribution in [0.1, 0.15) is 20.8 Å². The van der Waals surface area contributed by atoms with Crippen LogP contribution in [0, 0.1) is 0 Å². The third-order valence-corrected chi connectivity index (χ3v) is 3.05. The minimum atomic E-state index is 0.932. The highest BCUT2D eigenvalue weighted by atomic mass is 127. The molecule has 0 aliphatic rings. The van der Waals surface area contributed by atoms with Gasteiger partial charge in [0.05, 0.1) is 0 Å². The summed E-state index contributed by atoms with van der Waals surface area (Å²) in [5, 5.41) is 3.22. The lowest BCUT2D eigenvalue weighted by molar-refractivity contribution is 0.985. The van der Waals surface area contributed by atoms with Crippen molar-refractivity contribution in [2.75, 3.05) is 0 Å². The zero-order valence-corrected chi connectivity index (χ0v) is 10.6. The topological polar surface area (TPSA) is 12.0 Å². The lowest BCUT2D eigenvalue weighted by Gasteiger charge is -2.10. The van der Waals surface area contributed by atoms with Crippen LogP contribution in [0.15, 0.2) is 45.9 Å². The number of halogens is 1. The van der Waals surface area contributed by atoms with Gasteiger partial charge in [-0.15, -0.1) is 0 Å². The largest absolute Gasteiger partial charge is 0.359 e. The van der Waals surface area contributed by atoms with Crippen LogP contribution in [-0.4, -0.2) is 0 Å². The first kappa shape index (κ1) is 12.5. The fraction of sp³-hybridized carbons (Fsp3) is 0.273. The zero-order valence-electron chi connectivity index (χ0n) is 8.45. The molecule has 0 atom stereocenters. The van der Waals surface area contributed by atoms with Gasteiger partial charge in [0.15, 0.2) is 0 Å². The van der Waals surface area contributed by atoms with Crippen LogP contribution >= 0.6 is 22.6 Å². The van der Waals surface area contributed by atoms with Crippen LogP contribution < -0.4 is 5.32 Å². The molecule has 0 aliphatic heterocycles. The first-order chi connectivity index (χ1) is 6.02. The van der Waals surface area contributed by atoms with Crippen LogP contribution in [0.3, 0.4) is 0 Å². The summed E-state index contributed by atoms with van der Waals surface area (Å²) < 4.78 is 1.13. The average molecular weight is 289 g/mol. The number of nitrogens with one attached hydrogen (secondary N) is 1. The van der Waals surface area contributed by atoms with Gasteiger partial charge >= 0.3 is 0 Å². The van der Waals surface area contributed by atoms with Crippen LogP contribution in [-0.2, 0) is 0 Å². The Morgan fingerprint density at radius 1 is 1.38 bits per heavy atom. The molecule has 0 fully saturated rings. The van der Waals surface area contributed by atoms with Gasteiger partial charge in [0, 0.05) is 15.0 Å². The van der Waals surface area contributed by atoms with E-state index in [-0.39, 0.29) is 0 Å². The van der Waals surface area contributed by atoms with Gasteiger partial charge in [-0.3, -0.25) is 0 Å². The van der Waals surface area contributed by atoms with Crippen molar-refractivity contribution in [2.45, 2.75) is 20.8 Å². The summed E-state index contributed by atoms with van der Waals surface area (Å²) >= 11 is 2.25. The molecule has 0 aromatic heterocycles. The fourth-order valence-corrected chi connectivity index (χ4v) is 0.847. The Kier molecular flexibility index (Phi) is 5.79. The number of hydrogen-bond donors (Lipinski definition) is 1. The summed E-state index contributed by atoms with van der Waals surface area (Å²) in [7, 11) is 0. The SMILES string of the molecule is C=C/C(C)=C(\C)NC(=C)/C(I)=C\C. The molecular formula is C11H16IN. The van der Waals surface area contributed by atoms with E-state index < -0.39 is 0 Å². The summed E-state index contributed by atoms with van der Waals surface area (Å²) in [6, 6.07) is 0. The summed E-state index contributed by atoms with van der Waals surface area (Å²) in [5.41, 5.74) is 3.17. The molecule has 0 aromatic rings. The van der Waals surface area contributed by atoms with Crippen molar-refractivity contribution in [3.05, 3.63) is 45.9 Å². The molecule has 13 heavy (non-hydrogen) atoms. The quantitative estimate of drug-likeness (QED) is 0.611. The van der Waals surface area contributed by atoms with E-state index in [4.69, 9.17) is 0 Å². The maximum Gasteiger partial charge on any atom is 0.0441 e. The van der Waals surface area contributed by atoms with Crippen molar-refractivity contribution >= 4 is 22.6 Å². The normalized spacial score (nSPS) is 13.4. The second kappa shape index (κ2) is 6.02. The molecule has 72 valence electrons. The maximum atomic E-state index is 3.93. The van der Waals surface area contributed by atoms with E-state index in [9.17, 15) is 0 Å². The lowest BCUT2D eigenvalue weighted by Crippen LogP contribution is -2.10. The first-order valence-electron chi connectivity index (χ1n) is 4.11. The Balaban J connectivity index is 4.48. The summed E-state index contributed by atoms with van der Waals surface area (Å²) in [4.78, 5) is 0. The first-order valence-corrected chi connectivity index (χ1v) is 5.18. The molecule has 0 unspecified atom stereocenters. The van der Waals surface area contributed by atoms with Gasteiger partial charge in [0.1, 0.15) is 0 Å². The summed E-state index contributed by atoms with van der Waals surface area (Å²) in [6.07, 6.45) is 3.85. The highest BCUT2D eigenvalue weighted by Crippen LogP contribution is 2.15. The molecule has 0 amide bonds. The molecule has 0 saturated heterocycles. The minimum Gasteiger partial charge on any atom is -0.359 e. The Bertz CT molecular complexity index is 272. The number of rotatable bonds is 4. The Morgan fingerprint density at radius 3 is 2.31 bits per heavy atom. The monoisotopic (exact) mass is 289 g/mol. The predicted molar refractivity (Wildman–Crippen MR) is 68.6 cm³/mol. The van der Waals surface area contributed by atoms with E-state index in [1.807, 2.05) is 32.9 Å². The zero-order chi connectivity index (χ0) is 10.4. The Hall–Kier alpha value is -0.510. The van der Waals surface area contributed by atoms with Gasteiger partial charge < -0.3 is 5.32 Å². The summed E-state index contributed by atoms with van der Waals surface area (Å²) in [5.74, 6) is 0. The molecule has 0 radical (unpaired) electrons. The third-order valence-electron chi connectivity index (χ3n) is 1.78. The standard InChI is InChI=1S/C11H16IN/c1-6-8(3)9(4)13-10(5)11(12)7-2/h6-7,13H,1,5H2,2-4H3/b9-8+,11-7+. The molecule has 2 heteroatoms. The van der Waals surface area contributed by atoms with E-state index >= 15 is 0 Å². The van der Waals surface area contributed by atoms with Gasteiger partial charge in [-0.05, 0) is 48.9 Å². The van der Waals surface area contributed by atoms with E-state index in [0.29, 0.717) is 0 Å². The van der Waals surface area contributed by atoms with Gasteiger partial charge in [-0.1, -0.05) is 25.3 Å². The molecule has 0 bridgehead atoms. The second-order valence-electron chi connectivity index (χ2n) is 2.75. The molecule has 0 heterocycles. The van der Waals surface area contributed by atoms with Gasteiger partial charge in [0.2, 0.25) is 0 Å². The fourth-order valence-electron chi connectivity index (χ4n) is 0.712. The van der Waals surface area contributed by atoms with E-state index in [1.54, 1.807) is 0 Å². The summed E-state index contributed by atoms with van der Waals surface area (Å²) in [6.45, 7) is 13.7. The molecule has 1 N–H and O–H groups in total. The molecule has 0 aromatic carbocycles. The van der Waals surface area contributed by atoms with Crippen LogP contribution in [0.2, 0.25) is 0 Å². The molecule has 0 saturated carbocycles. The van der Waals surface area contributed by atoms with Crippen molar-refractivity contribution in [1.29, 1.82) is 0 Å². The Labute approximate surface area is 94.4 Å². The molecule has 1 nitrogen and oxygen atoms in total. The molecule has 0 aliphatic carbocycles. The predicted octanol–water partition coefficient (Wildman–Crippen LogP) is 3.91. The van der Waals surface area contributed by atoms with Crippen molar-refractivity contribution in [2.24, 2.45) is 0 Å². The van der Waals surface area contributed by atoms with E-state index in [1.165, 1.54) is 0 Å². The van der Waals surface area contributed by atoms with E-state index in [0.717, 1.165) is 20.5 Å². The molecule has 0 spiro atoms. The third kappa shape index (κ3) is 4.31. The smallest absolute Gasteiger partial charge is 0.0441 e.